The Hall–Kier alpha value is -3.15. The van der Waals surface area contributed by atoms with Gasteiger partial charge in [-0.05, 0) is 18.2 Å². The molecule has 0 atom stereocenters. The van der Waals surface area contributed by atoms with Crippen molar-refractivity contribution in [2.24, 2.45) is 0 Å². The predicted octanol–water partition coefficient (Wildman–Crippen LogP) is 2.22. The first-order valence-corrected chi connectivity index (χ1v) is 6.66. The summed E-state index contributed by atoms with van der Waals surface area (Å²) in [4.78, 5) is 16.7. The zero-order chi connectivity index (χ0) is 15.5. The summed E-state index contributed by atoms with van der Waals surface area (Å²) < 4.78 is 6.21. The second kappa shape index (κ2) is 5.69. The zero-order valence-corrected chi connectivity index (χ0v) is 11.9. The summed E-state index contributed by atoms with van der Waals surface area (Å²) in [6, 6.07) is 16.1. The molecule has 0 amide bonds. The maximum absolute atomic E-state index is 12.5. The van der Waals surface area contributed by atoms with Crippen LogP contribution in [0.25, 0.3) is 11.4 Å². The fraction of sp³-hybridized carbons (Fsp3) is 0.0625. The van der Waals surface area contributed by atoms with E-state index in [9.17, 15) is 4.79 Å². The van der Waals surface area contributed by atoms with Crippen molar-refractivity contribution in [3.63, 3.8) is 0 Å². The van der Waals surface area contributed by atoms with E-state index in [-0.39, 0.29) is 11.9 Å². The molecule has 3 rings (SSSR count). The quantitative estimate of drug-likeness (QED) is 0.801. The van der Waals surface area contributed by atoms with E-state index in [1.165, 1.54) is 0 Å². The Kier molecular flexibility index (Phi) is 3.57. The third-order valence-electron chi connectivity index (χ3n) is 3.17. The van der Waals surface area contributed by atoms with Crippen molar-refractivity contribution in [1.82, 2.24) is 14.8 Å². The second-order valence-corrected chi connectivity index (χ2v) is 4.61. The Labute approximate surface area is 127 Å². The molecule has 110 valence electrons. The summed E-state index contributed by atoms with van der Waals surface area (Å²) in [5.74, 6) is 0.694. The van der Waals surface area contributed by atoms with E-state index in [2.05, 4.69) is 10.1 Å². The molecule has 0 aliphatic carbocycles. The van der Waals surface area contributed by atoms with Gasteiger partial charge in [-0.1, -0.05) is 36.4 Å². The van der Waals surface area contributed by atoms with Crippen LogP contribution in [0.4, 0.5) is 5.95 Å². The molecule has 0 bridgehead atoms. The highest BCUT2D eigenvalue weighted by molar-refractivity contribution is 5.97. The highest BCUT2D eigenvalue weighted by Gasteiger charge is 2.17. The van der Waals surface area contributed by atoms with Crippen LogP contribution in [0.5, 0.6) is 5.75 Å². The molecule has 0 fully saturated rings. The van der Waals surface area contributed by atoms with Crippen molar-refractivity contribution in [1.29, 1.82) is 0 Å². The number of nitrogens with two attached hydrogens (primary N) is 1. The summed E-state index contributed by atoms with van der Waals surface area (Å²) >= 11 is 0. The molecule has 0 unspecified atom stereocenters. The molecule has 0 saturated carbocycles. The molecule has 6 heteroatoms. The molecule has 2 N–H and O–H groups in total. The number of benzene rings is 2. The van der Waals surface area contributed by atoms with Crippen LogP contribution in [-0.2, 0) is 0 Å². The third-order valence-corrected chi connectivity index (χ3v) is 3.17. The van der Waals surface area contributed by atoms with Crippen LogP contribution in [0.2, 0.25) is 0 Å². The summed E-state index contributed by atoms with van der Waals surface area (Å²) in [6.07, 6.45) is 0. The number of nitrogen functional groups attached to an aromatic ring is 1. The van der Waals surface area contributed by atoms with Gasteiger partial charge in [-0.2, -0.15) is 9.67 Å². The molecule has 0 aliphatic heterocycles. The van der Waals surface area contributed by atoms with Crippen molar-refractivity contribution in [3.8, 4) is 17.1 Å². The molecular formula is C16H14N4O2. The molecule has 0 saturated heterocycles. The lowest BCUT2D eigenvalue weighted by atomic mass is 10.2. The van der Waals surface area contributed by atoms with E-state index in [1.807, 2.05) is 30.3 Å². The standard InChI is InChI=1S/C16H14N4O2/c1-22-13-9-5-8-12(10-13)15(21)20-16(17)18-14(19-20)11-6-3-2-4-7-11/h2-10H,1H3,(H2,17,18,19). The number of methoxy groups -OCH3 is 1. The summed E-state index contributed by atoms with van der Waals surface area (Å²) in [5.41, 5.74) is 7.05. The Morgan fingerprint density at radius 3 is 2.64 bits per heavy atom. The SMILES string of the molecule is COc1cccc(C(=O)n2nc(-c3ccccc3)nc2N)c1. The zero-order valence-electron chi connectivity index (χ0n) is 11.9. The van der Waals surface area contributed by atoms with Crippen molar-refractivity contribution >= 4 is 11.9 Å². The maximum Gasteiger partial charge on any atom is 0.281 e. The van der Waals surface area contributed by atoms with Gasteiger partial charge in [-0.15, -0.1) is 5.10 Å². The lowest BCUT2D eigenvalue weighted by molar-refractivity contribution is 0.0947. The van der Waals surface area contributed by atoms with E-state index < -0.39 is 0 Å². The number of carbonyl (C=O) groups is 1. The topological polar surface area (TPSA) is 83.0 Å². The summed E-state index contributed by atoms with van der Waals surface area (Å²) in [7, 11) is 1.54. The number of aromatic nitrogens is 3. The van der Waals surface area contributed by atoms with E-state index in [4.69, 9.17) is 10.5 Å². The highest BCUT2D eigenvalue weighted by atomic mass is 16.5. The minimum atomic E-state index is -0.355. The first-order chi connectivity index (χ1) is 10.7. The van der Waals surface area contributed by atoms with Crippen LogP contribution in [-0.4, -0.2) is 27.8 Å². The fourth-order valence-corrected chi connectivity index (χ4v) is 2.06. The Bertz CT molecular complexity index is 812. The van der Waals surface area contributed by atoms with Gasteiger partial charge >= 0.3 is 0 Å². The van der Waals surface area contributed by atoms with E-state index in [0.717, 1.165) is 10.2 Å². The Balaban J connectivity index is 1.98. The number of hydrogen-bond acceptors (Lipinski definition) is 5. The summed E-state index contributed by atoms with van der Waals surface area (Å²) in [6.45, 7) is 0. The van der Waals surface area contributed by atoms with E-state index in [1.54, 1.807) is 31.4 Å². The smallest absolute Gasteiger partial charge is 0.281 e. The van der Waals surface area contributed by atoms with Crippen molar-refractivity contribution < 1.29 is 9.53 Å². The molecule has 0 spiro atoms. The molecule has 22 heavy (non-hydrogen) atoms. The van der Waals surface area contributed by atoms with Gasteiger partial charge in [0, 0.05) is 11.1 Å². The number of nitrogens with zero attached hydrogens (tertiary/aromatic N) is 3. The fourth-order valence-electron chi connectivity index (χ4n) is 2.06. The average Bonchev–Trinajstić information content (AvgIpc) is 2.97. The van der Waals surface area contributed by atoms with Gasteiger partial charge < -0.3 is 10.5 Å². The normalized spacial score (nSPS) is 10.4. The number of ether oxygens (including phenoxy) is 1. The van der Waals surface area contributed by atoms with Crippen LogP contribution >= 0.6 is 0 Å². The van der Waals surface area contributed by atoms with E-state index >= 15 is 0 Å². The van der Waals surface area contributed by atoms with Gasteiger partial charge in [-0.3, -0.25) is 4.79 Å². The number of rotatable bonds is 3. The largest absolute Gasteiger partial charge is 0.497 e. The molecule has 1 heterocycles. The molecule has 3 aromatic rings. The minimum absolute atomic E-state index is 0.0478. The molecule has 0 aliphatic rings. The molecular weight excluding hydrogens is 280 g/mol. The monoisotopic (exact) mass is 294 g/mol. The number of anilines is 1. The molecule has 0 radical (unpaired) electrons. The first-order valence-electron chi connectivity index (χ1n) is 6.66. The third kappa shape index (κ3) is 2.54. The van der Waals surface area contributed by atoms with Crippen molar-refractivity contribution in [3.05, 3.63) is 60.2 Å². The van der Waals surface area contributed by atoms with Gasteiger partial charge in [0.1, 0.15) is 5.75 Å². The van der Waals surface area contributed by atoms with Crippen molar-refractivity contribution in [2.45, 2.75) is 0 Å². The Morgan fingerprint density at radius 2 is 1.91 bits per heavy atom. The number of hydrogen-bond donors (Lipinski definition) is 1. The van der Waals surface area contributed by atoms with Crippen LogP contribution in [0, 0.1) is 0 Å². The van der Waals surface area contributed by atoms with Crippen molar-refractivity contribution in [2.75, 3.05) is 12.8 Å². The number of carbonyl (C=O) groups excluding carboxylic acids is 1. The van der Waals surface area contributed by atoms with Gasteiger partial charge in [0.2, 0.25) is 5.95 Å². The van der Waals surface area contributed by atoms with Crippen LogP contribution in [0.3, 0.4) is 0 Å². The van der Waals surface area contributed by atoms with Crippen LogP contribution in [0.1, 0.15) is 10.4 Å². The second-order valence-electron chi connectivity index (χ2n) is 4.61. The minimum Gasteiger partial charge on any atom is -0.497 e. The predicted molar refractivity (Wildman–Crippen MR) is 82.6 cm³/mol. The van der Waals surface area contributed by atoms with Gasteiger partial charge in [-0.25, -0.2) is 0 Å². The molecule has 2 aromatic carbocycles. The lowest BCUT2D eigenvalue weighted by Crippen LogP contribution is -2.16. The highest BCUT2D eigenvalue weighted by Crippen LogP contribution is 2.18. The van der Waals surface area contributed by atoms with Gasteiger partial charge in [0.05, 0.1) is 7.11 Å². The molecule has 6 nitrogen and oxygen atoms in total. The first kappa shape index (κ1) is 13.8. The van der Waals surface area contributed by atoms with Gasteiger partial charge in [0.15, 0.2) is 5.82 Å². The molecule has 1 aromatic heterocycles. The lowest BCUT2D eigenvalue weighted by Gasteiger charge is -2.04. The Morgan fingerprint density at radius 1 is 1.14 bits per heavy atom. The van der Waals surface area contributed by atoms with Gasteiger partial charge in [0.25, 0.3) is 5.91 Å². The van der Waals surface area contributed by atoms with E-state index in [0.29, 0.717) is 17.1 Å². The average molecular weight is 294 g/mol. The maximum atomic E-state index is 12.5. The van der Waals surface area contributed by atoms with Crippen LogP contribution < -0.4 is 10.5 Å². The van der Waals surface area contributed by atoms with Crippen LogP contribution in [0.15, 0.2) is 54.6 Å². The summed E-state index contributed by atoms with van der Waals surface area (Å²) in [5, 5.41) is 4.20.